The number of guanidine groups is 1. The molecule has 0 atom stereocenters. The first-order valence-electron chi connectivity index (χ1n) is 4.28. The van der Waals surface area contributed by atoms with Crippen LogP contribution in [-0.2, 0) is 4.79 Å². The third-order valence-electron chi connectivity index (χ3n) is 0.979. The van der Waals surface area contributed by atoms with Crippen molar-refractivity contribution in [3.8, 4) is 5.75 Å². The van der Waals surface area contributed by atoms with Crippen molar-refractivity contribution >= 4 is 11.9 Å². The van der Waals surface area contributed by atoms with Crippen LogP contribution in [-0.4, -0.2) is 24.1 Å². The van der Waals surface area contributed by atoms with Gasteiger partial charge in [0.25, 0.3) is 5.97 Å². The van der Waals surface area contributed by atoms with Crippen molar-refractivity contribution in [2.24, 2.45) is 11.5 Å². The second-order valence-corrected chi connectivity index (χ2v) is 2.49. The zero-order valence-electron chi connectivity index (χ0n) is 9.31. The van der Waals surface area contributed by atoms with E-state index in [-0.39, 0.29) is 5.96 Å². The molecule has 0 spiro atoms. The summed E-state index contributed by atoms with van der Waals surface area (Å²) in [6, 6.07) is 9.68. The molecule has 0 heterocycles. The number of aliphatic carboxylic acids is 1. The van der Waals surface area contributed by atoms with E-state index < -0.39 is 5.97 Å². The number of methoxy groups -OCH3 is 1. The van der Waals surface area contributed by atoms with Gasteiger partial charge in [0.05, 0.1) is 7.11 Å². The highest BCUT2D eigenvalue weighted by Gasteiger charge is 1.80. The van der Waals surface area contributed by atoms with Crippen LogP contribution in [0.25, 0.3) is 0 Å². The fourth-order valence-corrected chi connectivity index (χ4v) is 0.557. The van der Waals surface area contributed by atoms with E-state index in [4.69, 9.17) is 20.0 Å². The molecule has 90 valence electrons. The number of hydrogen-bond donors (Lipinski definition) is 4. The lowest BCUT2D eigenvalue weighted by atomic mass is 10.3. The summed E-state index contributed by atoms with van der Waals surface area (Å²) in [6.07, 6.45) is 0. The third kappa shape index (κ3) is 22.6. The second kappa shape index (κ2) is 10.8. The van der Waals surface area contributed by atoms with Gasteiger partial charge in [-0.15, -0.1) is 0 Å². The first-order chi connectivity index (χ1) is 7.40. The van der Waals surface area contributed by atoms with Crippen LogP contribution in [0.2, 0.25) is 0 Å². The van der Waals surface area contributed by atoms with Crippen molar-refractivity contribution in [3.63, 3.8) is 0 Å². The smallest absolute Gasteiger partial charge is 0.300 e. The Morgan fingerprint density at radius 2 is 1.62 bits per heavy atom. The molecule has 6 N–H and O–H groups in total. The Balaban J connectivity index is 0. The van der Waals surface area contributed by atoms with E-state index in [2.05, 4.69) is 11.5 Å². The molecule has 0 aliphatic rings. The molecule has 16 heavy (non-hydrogen) atoms. The number of carboxylic acids is 1. The normalized spacial score (nSPS) is 7.38. The van der Waals surface area contributed by atoms with E-state index in [9.17, 15) is 0 Å². The molecular weight excluding hydrogens is 210 g/mol. The third-order valence-corrected chi connectivity index (χ3v) is 0.979. The molecule has 0 amide bonds. The van der Waals surface area contributed by atoms with Gasteiger partial charge >= 0.3 is 0 Å². The number of nitrogens with two attached hydrogens (primary N) is 2. The van der Waals surface area contributed by atoms with Crippen molar-refractivity contribution in [1.82, 2.24) is 0 Å². The quantitative estimate of drug-likeness (QED) is 0.414. The van der Waals surface area contributed by atoms with Crippen molar-refractivity contribution in [1.29, 1.82) is 5.41 Å². The molecule has 0 aliphatic carbocycles. The van der Waals surface area contributed by atoms with Crippen LogP contribution < -0.4 is 16.2 Å². The van der Waals surface area contributed by atoms with Crippen LogP contribution in [0.15, 0.2) is 30.3 Å². The Hall–Kier alpha value is -2.24. The Bertz CT molecular complexity index is 281. The first-order valence-corrected chi connectivity index (χ1v) is 4.28. The van der Waals surface area contributed by atoms with E-state index in [0.717, 1.165) is 12.7 Å². The predicted molar refractivity (Wildman–Crippen MR) is 62.4 cm³/mol. The Labute approximate surface area is 94.3 Å². The topological polar surface area (TPSA) is 122 Å². The molecule has 0 saturated carbocycles. The number of hydrogen-bond acceptors (Lipinski definition) is 3. The highest BCUT2D eigenvalue weighted by molar-refractivity contribution is 5.71. The fourth-order valence-electron chi connectivity index (χ4n) is 0.557. The highest BCUT2D eigenvalue weighted by atomic mass is 16.5. The lowest BCUT2D eigenvalue weighted by molar-refractivity contribution is -0.134. The summed E-state index contributed by atoms with van der Waals surface area (Å²) in [5, 5.41) is 13.5. The fraction of sp³-hybridized carbons (Fsp3) is 0.200. The number of nitrogens with one attached hydrogen (secondary N) is 1. The van der Waals surface area contributed by atoms with Gasteiger partial charge in [-0.2, -0.15) is 0 Å². The molecule has 0 fully saturated rings. The number of carbonyl (C=O) groups is 1. The van der Waals surface area contributed by atoms with E-state index in [0.29, 0.717) is 0 Å². The zero-order chi connectivity index (χ0) is 13.0. The first kappa shape index (κ1) is 16.2. The van der Waals surface area contributed by atoms with E-state index >= 15 is 0 Å². The molecule has 0 aromatic heterocycles. The number of ether oxygens (including phenoxy) is 1. The Morgan fingerprint density at radius 1 is 1.31 bits per heavy atom. The van der Waals surface area contributed by atoms with E-state index in [1.807, 2.05) is 30.3 Å². The average molecular weight is 227 g/mol. The molecule has 0 saturated heterocycles. The number of para-hydroxylation sites is 1. The summed E-state index contributed by atoms with van der Waals surface area (Å²) in [6.45, 7) is 1.08. The van der Waals surface area contributed by atoms with Crippen LogP contribution in [0.5, 0.6) is 5.75 Å². The molecule has 0 unspecified atom stereocenters. The predicted octanol–water partition coefficient (Wildman–Crippen LogP) is 0.625. The maximum Gasteiger partial charge on any atom is 0.300 e. The maximum atomic E-state index is 9.00. The van der Waals surface area contributed by atoms with E-state index in [1.54, 1.807) is 7.11 Å². The minimum absolute atomic E-state index is 0.333. The second-order valence-electron chi connectivity index (χ2n) is 2.49. The lowest BCUT2D eigenvalue weighted by Gasteiger charge is -1.93. The summed E-state index contributed by atoms with van der Waals surface area (Å²) >= 11 is 0. The van der Waals surface area contributed by atoms with Gasteiger partial charge in [0, 0.05) is 6.92 Å². The zero-order valence-corrected chi connectivity index (χ0v) is 9.31. The molecule has 0 aliphatic heterocycles. The van der Waals surface area contributed by atoms with Crippen LogP contribution in [0.3, 0.4) is 0 Å². The van der Waals surface area contributed by atoms with Crippen LogP contribution >= 0.6 is 0 Å². The molecule has 1 aromatic carbocycles. The van der Waals surface area contributed by atoms with Gasteiger partial charge in [-0.05, 0) is 12.1 Å². The Kier molecular flexibility index (Phi) is 11.0. The molecule has 1 rings (SSSR count). The van der Waals surface area contributed by atoms with Gasteiger partial charge in [-0.3, -0.25) is 10.2 Å². The van der Waals surface area contributed by atoms with Gasteiger partial charge in [0.1, 0.15) is 5.75 Å². The number of rotatable bonds is 1. The lowest BCUT2D eigenvalue weighted by Crippen LogP contribution is -2.20. The van der Waals surface area contributed by atoms with Gasteiger partial charge in [0.2, 0.25) is 0 Å². The summed E-state index contributed by atoms with van der Waals surface area (Å²) in [5.41, 5.74) is 8.94. The van der Waals surface area contributed by atoms with Crippen molar-refractivity contribution in [2.75, 3.05) is 7.11 Å². The molecule has 0 radical (unpaired) electrons. The van der Waals surface area contributed by atoms with Crippen LogP contribution in [0.1, 0.15) is 6.92 Å². The number of carboxylic acid groups (broad SMARTS) is 1. The summed E-state index contributed by atoms with van der Waals surface area (Å²) in [4.78, 5) is 9.00. The van der Waals surface area contributed by atoms with Gasteiger partial charge in [0.15, 0.2) is 5.96 Å². The average Bonchev–Trinajstić information content (AvgIpc) is 2.17. The summed E-state index contributed by atoms with van der Waals surface area (Å²) in [5.74, 6) is -0.257. The SMILES string of the molecule is CC(=O)O.COc1ccccc1.N=C(N)N. The standard InChI is InChI=1S/C7H8O.C2H4O2.CH5N3/c1-8-7-5-3-2-4-6-7;1-2(3)4;2-1(3)4/h2-6H,1H3;1H3,(H,3,4);(H5,2,3,4). The van der Waals surface area contributed by atoms with Crippen molar-refractivity contribution in [3.05, 3.63) is 30.3 Å². The van der Waals surface area contributed by atoms with Crippen molar-refractivity contribution < 1.29 is 14.6 Å². The minimum atomic E-state index is -0.833. The minimum Gasteiger partial charge on any atom is -0.497 e. The summed E-state index contributed by atoms with van der Waals surface area (Å²) < 4.78 is 4.91. The van der Waals surface area contributed by atoms with Gasteiger partial charge in [-0.1, -0.05) is 18.2 Å². The van der Waals surface area contributed by atoms with Gasteiger partial charge < -0.3 is 21.3 Å². The van der Waals surface area contributed by atoms with Gasteiger partial charge in [-0.25, -0.2) is 0 Å². The molecule has 6 nitrogen and oxygen atoms in total. The maximum absolute atomic E-state index is 9.00. The number of benzene rings is 1. The van der Waals surface area contributed by atoms with Crippen LogP contribution in [0.4, 0.5) is 0 Å². The molecule has 0 bridgehead atoms. The largest absolute Gasteiger partial charge is 0.497 e. The highest BCUT2D eigenvalue weighted by Crippen LogP contribution is 2.05. The molecule has 1 aromatic rings. The van der Waals surface area contributed by atoms with Crippen molar-refractivity contribution in [2.45, 2.75) is 6.92 Å². The Morgan fingerprint density at radius 3 is 1.81 bits per heavy atom. The monoisotopic (exact) mass is 227 g/mol. The molecular formula is C10H17N3O3. The molecule has 6 heteroatoms. The van der Waals surface area contributed by atoms with E-state index in [1.165, 1.54) is 0 Å². The summed E-state index contributed by atoms with van der Waals surface area (Å²) in [7, 11) is 1.66. The van der Waals surface area contributed by atoms with Crippen LogP contribution in [0, 0.1) is 5.41 Å².